The summed E-state index contributed by atoms with van der Waals surface area (Å²) in [5.74, 6) is -2.86. The molecule has 2 aromatic rings. The van der Waals surface area contributed by atoms with Gasteiger partial charge in [-0.2, -0.15) is 0 Å². The van der Waals surface area contributed by atoms with Crippen LogP contribution in [-0.4, -0.2) is 54.3 Å². The summed E-state index contributed by atoms with van der Waals surface area (Å²) in [4.78, 5) is 47.5. The number of fused-ring (bicyclic) bond motifs is 3. The topological polar surface area (TPSA) is 131 Å². The highest BCUT2D eigenvalue weighted by molar-refractivity contribution is 5.87. The molecular weight excluding hydrogens is 440 g/mol. The second-order valence-corrected chi connectivity index (χ2v) is 8.75. The molecule has 3 N–H and O–H groups in total. The van der Waals surface area contributed by atoms with Crippen molar-refractivity contribution in [3.8, 4) is 11.1 Å². The zero-order valence-corrected chi connectivity index (χ0v) is 19.3. The van der Waals surface area contributed by atoms with Crippen molar-refractivity contribution < 1.29 is 33.8 Å². The summed E-state index contributed by atoms with van der Waals surface area (Å²) in [6, 6.07) is 14.5. The molecule has 1 aliphatic carbocycles. The van der Waals surface area contributed by atoms with Gasteiger partial charge in [-0.05, 0) is 36.1 Å². The van der Waals surface area contributed by atoms with Gasteiger partial charge in [-0.1, -0.05) is 48.5 Å². The van der Waals surface area contributed by atoms with Crippen molar-refractivity contribution in [2.75, 3.05) is 13.7 Å². The number of esters is 1. The lowest BCUT2D eigenvalue weighted by Gasteiger charge is -2.26. The van der Waals surface area contributed by atoms with E-state index in [-0.39, 0.29) is 18.9 Å². The van der Waals surface area contributed by atoms with Gasteiger partial charge in [-0.3, -0.25) is 9.59 Å². The molecule has 1 atom stereocenters. The van der Waals surface area contributed by atoms with Gasteiger partial charge in [-0.25, -0.2) is 9.59 Å². The molecule has 0 saturated heterocycles. The highest BCUT2D eigenvalue weighted by Crippen LogP contribution is 2.44. The van der Waals surface area contributed by atoms with E-state index >= 15 is 0 Å². The summed E-state index contributed by atoms with van der Waals surface area (Å²) in [6.45, 7) is 3.36. The number of methoxy groups -OCH3 is 1. The number of aliphatic carboxylic acids is 1. The number of benzene rings is 2. The Balaban J connectivity index is 1.57. The molecule has 2 aromatic carbocycles. The zero-order valence-electron chi connectivity index (χ0n) is 19.3. The highest BCUT2D eigenvalue weighted by Gasteiger charge is 2.31. The molecule has 9 heteroatoms. The molecule has 0 fully saturated rings. The number of alkyl carbamates (subject to hydrolysis) is 1. The van der Waals surface area contributed by atoms with Crippen LogP contribution in [0.25, 0.3) is 11.1 Å². The summed E-state index contributed by atoms with van der Waals surface area (Å²) in [6.07, 6.45) is -1.41. The van der Waals surface area contributed by atoms with E-state index in [1.807, 2.05) is 48.5 Å². The average molecular weight is 469 g/mol. The average Bonchev–Trinajstić information content (AvgIpc) is 3.10. The molecule has 0 radical (unpaired) electrons. The van der Waals surface area contributed by atoms with Crippen molar-refractivity contribution >= 4 is 23.9 Å². The third-order valence-corrected chi connectivity index (χ3v) is 5.62. The van der Waals surface area contributed by atoms with Crippen molar-refractivity contribution in [2.24, 2.45) is 0 Å². The van der Waals surface area contributed by atoms with Crippen molar-refractivity contribution in [2.45, 2.75) is 44.2 Å². The number of carbonyl (C=O) groups is 4. The lowest BCUT2D eigenvalue weighted by atomic mass is 9.98. The number of hydrogen-bond donors (Lipinski definition) is 3. The molecule has 0 bridgehead atoms. The van der Waals surface area contributed by atoms with E-state index in [9.17, 15) is 24.3 Å². The molecule has 3 rings (SSSR count). The van der Waals surface area contributed by atoms with Crippen LogP contribution >= 0.6 is 0 Å². The van der Waals surface area contributed by atoms with Gasteiger partial charge in [0.15, 0.2) is 0 Å². The fourth-order valence-corrected chi connectivity index (χ4v) is 4.05. The molecule has 0 aliphatic heterocycles. The summed E-state index contributed by atoms with van der Waals surface area (Å²) in [5, 5.41) is 14.1. The van der Waals surface area contributed by atoms with Gasteiger partial charge in [0.1, 0.15) is 12.6 Å². The Bertz CT molecular complexity index is 1050. The van der Waals surface area contributed by atoms with Crippen LogP contribution in [-0.2, 0) is 23.9 Å². The van der Waals surface area contributed by atoms with Crippen molar-refractivity contribution in [3.05, 3.63) is 59.7 Å². The zero-order chi connectivity index (χ0) is 24.9. The SMILES string of the molecule is COC(=O)C[C@@H](NC(=O)CC(C)(C)NC(=O)OCC1c2ccccc2-c2ccccc21)C(=O)O. The number of carboxylic acids is 1. The van der Waals surface area contributed by atoms with E-state index in [1.165, 1.54) is 0 Å². The fraction of sp³-hybridized carbons (Fsp3) is 0.360. The van der Waals surface area contributed by atoms with Gasteiger partial charge in [0.05, 0.1) is 13.5 Å². The maximum Gasteiger partial charge on any atom is 0.407 e. The summed E-state index contributed by atoms with van der Waals surface area (Å²) in [7, 11) is 1.13. The predicted molar refractivity (Wildman–Crippen MR) is 123 cm³/mol. The van der Waals surface area contributed by atoms with Crippen LogP contribution in [0.15, 0.2) is 48.5 Å². The van der Waals surface area contributed by atoms with Crippen LogP contribution in [0, 0.1) is 0 Å². The van der Waals surface area contributed by atoms with Gasteiger partial charge in [-0.15, -0.1) is 0 Å². The third-order valence-electron chi connectivity index (χ3n) is 5.62. The van der Waals surface area contributed by atoms with E-state index in [0.717, 1.165) is 29.4 Å². The molecule has 0 heterocycles. The van der Waals surface area contributed by atoms with Crippen molar-refractivity contribution in [1.82, 2.24) is 10.6 Å². The van der Waals surface area contributed by atoms with Crippen molar-refractivity contribution in [3.63, 3.8) is 0 Å². The Hall–Kier alpha value is -3.88. The number of carboxylic acid groups (broad SMARTS) is 1. The van der Waals surface area contributed by atoms with Gasteiger partial charge in [0.25, 0.3) is 0 Å². The van der Waals surface area contributed by atoms with E-state index in [2.05, 4.69) is 15.4 Å². The second kappa shape index (κ2) is 10.4. The Morgan fingerprint density at radius 2 is 1.56 bits per heavy atom. The largest absolute Gasteiger partial charge is 0.480 e. The molecule has 180 valence electrons. The van der Waals surface area contributed by atoms with Gasteiger partial charge >= 0.3 is 18.0 Å². The van der Waals surface area contributed by atoms with E-state index in [1.54, 1.807) is 13.8 Å². The normalized spacial score (nSPS) is 13.3. The first kappa shape index (κ1) is 24.8. The summed E-state index contributed by atoms with van der Waals surface area (Å²) >= 11 is 0. The van der Waals surface area contributed by atoms with E-state index < -0.39 is 41.9 Å². The number of amides is 2. The number of hydrogen-bond acceptors (Lipinski definition) is 6. The maximum absolute atomic E-state index is 12.5. The number of rotatable bonds is 9. The first-order valence-electron chi connectivity index (χ1n) is 10.8. The molecule has 0 unspecified atom stereocenters. The summed E-state index contributed by atoms with van der Waals surface area (Å²) in [5.41, 5.74) is 3.37. The molecule has 34 heavy (non-hydrogen) atoms. The molecule has 0 saturated carbocycles. The smallest absolute Gasteiger partial charge is 0.407 e. The van der Waals surface area contributed by atoms with E-state index in [4.69, 9.17) is 4.74 Å². The molecule has 0 spiro atoms. The second-order valence-electron chi connectivity index (χ2n) is 8.75. The Labute approximate surface area is 197 Å². The predicted octanol–water partition coefficient (Wildman–Crippen LogP) is 2.83. The first-order chi connectivity index (χ1) is 16.1. The highest BCUT2D eigenvalue weighted by atomic mass is 16.5. The van der Waals surface area contributed by atoms with Crippen LogP contribution in [0.5, 0.6) is 0 Å². The quantitative estimate of drug-likeness (QED) is 0.482. The van der Waals surface area contributed by atoms with Gasteiger partial charge in [0.2, 0.25) is 5.91 Å². The minimum Gasteiger partial charge on any atom is -0.480 e. The molecular formula is C25H28N2O7. The number of nitrogens with one attached hydrogen (secondary N) is 2. The van der Waals surface area contributed by atoms with Crippen molar-refractivity contribution in [1.29, 1.82) is 0 Å². The Kier molecular flexibility index (Phi) is 7.55. The minimum atomic E-state index is -1.43. The molecule has 9 nitrogen and oxygen atoms in total. The standard InChI is InChI=1S/C25H28N2O7/c1-25(2,13-21(28)26-20(23(30)31)12-22(29)33-3)27-24(32)34-14-19-17-10-6-4-8-15(17)16-9-5-7-11-18(16)19/h4-11,19-20H,12-14H2,1-3H3,(H,26,28)(H,27,32)(H,30,31)/t20-/m1/s1. The third kappa shape index (κ3) is 5.92. The van der Waals surface area contributed by atoms with Gasteiger partial charge in [0, 0.05) is 17.9 Å². The maximum atomic E-state index is 12.5. The molecule has 0 aromatic heterocycles. The minimum absolute atomic E-state index is 0.0980. The molecule has 2 amide bonds. The van der Waals surface area contributed by atoms with E-state index in [0.29, 0.717) is 0 Å². The monoisotopic (exact) mass is 468 g/mol. The van der Waals surface area contributed by atoms with Crippen LogP contribution in [0.4, 0.5) is 4.79 Å². The number of ether oxygens (including phenoxy) is 2. The van der Waals surface area contributed by atoms with Crippen LogP contribution in [0.3, 0.4) is 0 Å². The number of carbonyl (C=O) groups excluding carboxylic acids is 3. The summed E-state index contributed by atoms with van der Waals surface area (Å²) < 4.78 is 9.96. The lowest BCUT2D eigenvalue weighted by Crippen LogP contribution is -2.50. The lowest BCUT2D eigenvalue weighted by molar-refractivity contribution is -0.148. The van der Waals surface area contributed by atoms with Crippen LogP contribution < -0.4 is 10.6 Å². The Morgan fingerprint density at radius 1 is 1.00 bits per heavy atom. The Morgan fingerprint density at radius 3 is 2.09 bits per heavy atom. The fourth-order valence-electron chi connectivity index (χ4n) is 4.05. The first-order valence-corrected chi connectivity index (χ1v) is 10.8. The van der Waals surface area contributed by atoms with Crippen LogP contribution in [0.2, 0.25) is 0 Å². The van der Waals surface area contributed by atoms with Gasteiger partial charge < -0.3 is 25.2 Å². The molecule has 1 aliphatic rings. The van der Waals surface area contributed by atoms with Crippen LogP contribution in [0.1, 0.15) is 43.7 Å².